The average molecular weight is 251 g/mol. The van der Waals surface area contributed by atoms with E-state index in [1.165, 1.54) is 25.7 Å². The molecule has 0 bridgehead atoms. The van der Waals surface area contributed by atoms with Gasteiger partial charge in [-0.05, 0) is 37.3 Å². The maximum absolute atomic E-state index is 9.87. The SMILES string of the molecule is CC1CCC(CNCC(O)Cn2cccn2)CC1. The Morgan fingerprint density at radius 2 is 2.17 bits per heavy atom. The molecule has 1 atom stereocenters. The van der Waals surface area contributed by atoms with E-state index in [1.807, 2.05) is 12.3 Å². The van der Waals surface area contributed by atoms with Gasteiger partial charge in [0.25, 0.3) is 0 Å². The van der Waals surface area contributed by atoms with Crippen LogP contribution >= 0.6 is 0 Å². The van der Waals surface area contributed by atoms with Gasteiger partial charge >= 0.3 is 0 Å². The lowest BCUT2D eigenvalue weighted by Crippen LogP contribution is -2.34. The van der Waals surface area contributed by atoms with E-state index >= 15 is 0 Å². The quantitative estimate of drug-likeness (QED) is 0.808. The van der Waals surface area contributed by atoms with E-state index in [0.29, 0.717) is 13.1 Å². The minimum atomic E-state index is -0.354. The number of aliphatic hydroxyl groups is 1. The molecule has 0 aromatic carbocycles. The third-order valence-electron chi connectivity index (χ3n) is 3.91. The molecule has 0 aliphatic heterocycles. The number of nitrogens with zero attached hydrogens (tertiary/aromatic N) is 2. The molecule has 0 radical (unpaired) electrons. The van der Waals surface area contributed by atoms with Gasteiger partial charge in [0.2, 0.25) is 0 Å². The molecular weight excluding hydrogens is 226 g/mol. The first-order valence-electron chi connectivity index (χ1n) is 7.10. The Bertz CT molecular complexity index is 318. The van der Waals surface area contributed by atoms with Crippen LogP contribution in [-0.2, 0) is 6.54 Å². The maximum atomic E-state index is 9.87. The van der Waals surface area contributed by atoms with Crippen LogP contribution in [0.25, 0.3) is 0 Å². The summed E-state index contributed by atoms with van der Waals surface area (Å²) < 4.78 is 1.77. The highest BCUT2D eigenvalue weighted by molar-refractivity contribution is 4.79. The average Bonchev–Trinajstić information content (AvgIpc) is 2.84. The first-order valence-corrected chi connectivity index (χ1v) is 7.10. The number of rotatable bonds is 6. The molecule has 0 saturated heterocycles. The number of nitrogens with one attached hydrogen (secondary N) is 1. The summed E-state index contributed by atoms with van der Waals surface area (Å²) in [5, 5.41) is 17.4. The summed E-state index contributed by atoms with van der Waals surface area (Å²) >= 11 is 0. The van der Waals surface area contributed by atoms with Gasteiger partial charge in [-0.25, -0.2) is 0 Å². The van der Waals surface area contributed by atoms with Crippen LogP contribution in [0, 0.1) is 11.8 Å². The second kappa shape index (κ2) is 6.90. The first-order chi connectivity index (χ1) is 8.74. The minimum absolute atomic E-state index is 0.354. The predicted octanol–water partition coefficient (Wildman–Crippen LogP) is 1.66. The third kappa shape index (κ3) is 4.42. The van der Waals surface area contributed by atoms with Crippen molar-refractivity contribution < 1.29 is 5.11 Å². The van der Waals surface area contributed by atoms with Crippen LogP contribution in [0.4, 0.5) is 0 Å². The molecule has 102 valence electrons. The Morgan fingerprint density at radius 3 is 2.83 bits per heavy atom. The molecule has 18 heavy (non-hydrogen) atoms. The zero-order chi connectivity index (χ0) is 12.8. The standard InChI is InChI=1S/C14H25N3O/c1-12-3-5-13(6-4-12)9-15-10-14(18)11-17-8-2-7-16-17/h2,7-8,12-15,18H,3-6,9-11H2,1H3. The van der Waals surface area contributed by atoms with Gasteiger partial charge < -0.3 is 10.4 Å². The fourth-order valence-corrected chi connectivity index (χ4v) is 2.68. The molecule has 1 heterocycles. The predicted molar refractivity (Wildman–Crippen MR) is 72.2 cm³/mol. The van der Waals surface area contributed by atoms with Crippen molar-refractivity contribution in [3.8, 4) is 0 Å². The second-order valence-corrected chi connectivity index (χ2v) is 5.67. The van der Waals surface area contributed by atoms with E-state index in [0.717, 1.165) is 18.4 Å². The Morgan fingerprint density at radius 1 is 1.39 bits per heavy atom. The summed E-state index contributed by atoms with van der Waals surface area (Å²) in [5.41, 5.74) is 0. The molecule has 4 nitrogen and oxygen atoms in total. The summed E-state index contributed by atoms with van der Waals surface area (Å²) in [7, 11) is 0. The lowest BCUT2D eigenvalue weighted by Gasteiger charge is -2.26. The summed E-state index contributed by atoms with van der Waals surface area (Å²) in [4.78, 5) is 0. The Hall–Kier alpha value is -0.870. The van der Waals surface area contributed by atoms with Gasteiger partial charge in [-0.3, -0.25) is 4.68 Å². The second-order valence-electron chi connectivity index (χ2n) is 5.67. The summed E-state index contributed by atoms with van der Waals surface area (Å²) in [6.07, 6.45) is 8.67. The summed E-state index contributed by atoms with van der Waals surface area (Å²) in [5.74, 6) is 1.71. The molecule has 2 N–H and O–H groups in total. The molecule has 0 amide bonds. The van der Waals surface area contributed by atoms with E-state index in [9.17, 15) is 5.11 Å². The molecular formula is C14H25N3O. The van der Waals surface area contributed by atoms with E-state index < -0.39 is 0 Å². The van der Waals surface area contributed by atoms with Crippen molar-refractivity contribution in [1.82, 2.24) is 15.1 Å². The van der Waals surface area contributed by atoms with Crippen molar-refractivity contribution in [1.29, 1.82) is 0 Å². The molecule has 1 saturated carbocycles. The van der Waals surface area contributed by atoms with Crippen LogP contribution in [-0.4, -0.2) is 34.1 Å². The van der Waals surface area contributed by atoms with Crippen LogP contribution in [0.3, 0.4) is 0 Å². The van der Waals surface area contributed by atoms with Gasteiger partial charge in [0.05, 0.1) is 12.6 Å². The Kier molecular flexibility index (Phi) is 5.20. The van der Waals surface area contributed by atoms with E-state index in [1.54, 1.807) is 10.9 Å². The lowest BCUT2D eigenvalue weighted by molar-refractivity contribution is 0.143. The fourth-order valence-electron chi connectivity index (χ4n) is 2.68. The molecule has 0 spiro atoms. The van der Waals surface area contributed by atoms with Crippen molar-refractivity contribution in [3.05, 3.63) is 18.5 Å². The zero-order valence-corrected chi connectivity index (χ0v) is 11.3. The molecule has 1 unspecified atom stereocenters. The molecule has 4 heteroatoms. The highest BCUT2D eigenvalue weighted by atomic mass is 16.3. The van der Waals surface area contributed by atoms with Crippen LogP contribution in [0.2, 0.25) is 0 Å². The van der Waals surface area contributed by atoms with Gasteiger partial charge in [0, 0.05) is 18.9 Å². The number of aromatic nitrogens is 2. The van der Waals surface area contributed by atoms with Gasteiger partial charge in [0.15, 0.2) is 0 Å². The highest BCUT2D eigenvalue weighted by Gasteiger charge is 2.17. The molecule has 1 aliphatic rings. The van der Waals surface area contributed by atoms with E-state index in [2.05, 4.69) is 17.3 Å². The van der Waals surface area contributed by atoms with Crippen LogP contribution in [0.15, 0.2) is 18.5 Å². The van der Waals surface area contributed by atoms with Gasteiger partial charge in [0.1, 0.15) is 0 Å². The lowest BCUT2D eigenvalue weighted by atomic mass is 9.83. The molecule has 1 aromatic heterocycles. The monoisotopic (exact) mass is 251 g/mol. The van der Waals surface area contributed by atoms with Gasteiger partial charge in [-0.15, -0.1) is 0 Å². The zero-order valence-electron chi connectivity index (χ0n) is 11.3. The van der Waals surface area contributed by atoms with Crippen LogP contribution < -0.4 is 5.32 Å². The highest BCUT2D eigenvalue weighted by Crippen LogP contribution is 2.27. The molecule has 2 rings (SSSR count). The van der Waals surface area contributed by atoms with Crippen LogP contribution in [0.5, 0.6) is 0 Å². The largest absolute Gasteiger partial charge is 0.390 e. The fraction of sp³-hybridized carbons (Fsp3) is 0.786. The first kappa shape index (κ1) is 13.6. The van der Waals surface area contributed by atoms with Gasteiger partial charge in [-0.2, -0.15) is 5.10 Å². The van der Waals surface area contributed by atoms with Crippen LogP contribution in [0.1, 0.15) is 32.6 Å². The van der Waals surface area contributed by atoms with Crippen molar-refractivity contribution in [3.63, 3.8) is 0 Å². The van der Waals surface area contributed by atoms with Crippen molar-refractivity contribution in [2.45, 2.75) is 45.3 Å². The number of hydrogen-bond donors (Lipinski definition) is 2. The summed E-state index contributed by atoms with van der Waals surface area (Å²) in [6.45, 7) is 4.62. The normalized spacial score (nSPS) is 26.1. The van der Waals surface area contributed by atoms with Crippen molar-refractivity contribution >= 4 is 0 Å². The molecule has 1 fully saturated rings. The van der Waals surface area contributed by atoms with E-state index in [-0.39, 0.29) is 6.10 Å². The summed E-state index contributed by atoms with van der Waals surface area (Å²) in [6, 6.07) is 1.88. The van der Waals surface area contributed by atoms with Gasteiger partial charge in [-0.1, -0.05) is 19.8 Å². The smallest absolute Gasteiger partial charge is 0.0860 e. The van der Waals surface area contributed by atoms with Crippen molar-refractivity contribution in [2.75, 3.05) is 13.1 Å². The Balaban J connectivity index is 1.57. The number of aliphatic hydroxyl groups excluding tert-OH is 1. The Labute approximate surface area is 109 Å². The number of hydrogen-bond acceptors (Lipinski definition) is 3. The van der Waals surface area contributed by atoms with Crippen molar-refractivity contribution in [2.24, 2.45) is 11.8 Å². The third-order valence-corrected chi connectivity index (χ3v) is 3.91. The topological polar surface area (TPSA) is 50.1 Å². The van der Waals surface area contributed by atoms with E-state index in [4.69, 9.17) is 0 Å². The molecule has 1 aromatic rings. The molecule has 1 aliphatic carbocycles. The minimum Gasteiger partial charge on any atom is -0.390 e. The maximum Gasteiger partial charge on any atom is 0.0860 e.